The van der Waals surface area contributed by atoms with Crippen molar-refractivity contribution in [2.24, 2.45) is 12.0 Å². The maximum absolute atomic E-state index is 12.9. The molecule has 0 aliphatic carbocycles. The molecule has 0 bridgehead atoms. The average molecular weight is 482 g/mol. The topological polar surface area (TPSA) is 81.0 Å². The molecule has 9 heteroatoms. The molecule has 170 valence electrons. The van der Waals surface area contributed by atoms with Crippen molar-refractivity contribution >= 4 is 43.2 Å². The summed E-state index contributed by atoms with van der Waals surface area (Å²) in [5.74, 6) is 0.324. The number of sulfonamides is 1. The van der Waals surface area contributed by atoms with E-state index in [1.54, 1.807) is 24.3 Å². The summed E-state index contributed by atoms with van der Waals surface area (Å²) in [6.45, 7) is 2.50. The van der Waals surface area contributed by atoms with Crippen molar-refractivity contribution in [3.05, 3.63) is 83.2 Å². The van der Waals surface area contributed by atoms with E-state index in [0.717, 1.165) is 16.0 Å². The zero-order chi connectivity index (χ0) is 23.6. The second-order valence-corrected chi connectivity index (χ2v) is 10.2. The number of amides is 1. The monoisotopic (exact) mass is 481 g/mol. The summed E-state index contributed by atoms with van der Waals surface area (Å²) < 4.78 is 35.4. The van der Waals surface area contributed by atoms with Crippen LogP contribution < -0.4 is 13.8 Å². The molecule has 1 amide bonds. The molecular formula is C24H23N3O4S2. The van der Waals surface area contributed by atoms with E-state index in [2.05, 4.69) is 4.99 Å². The van der Waals surface area contributed by atoms with Crippen molar-refractivity contribution < 1.29 is 17.9 Å². The summed E-state index contributed by atoms with van der Waals surface area (Å²) in [5.41, 5.74) is 1.81. The molecule has 33 heavy (non-hydrogen) atoms. The predicted octanol–water partition coefficient (Wildman–Crippen LogP) is 4.20. The molecular weight excluding hydrogens is 458 g/mol. The number of thiazole rings is 1. The van der Waals surface area contributed by atoms with Gasteiger partial charge in [-0.3, -0.25) is 9.10 Å². The Morgan fingerprint density at radius 3 is 2.42 bits per heavy atom. The number of para-hydroxylation sites is 1. The van der Waals surface area contributed by atoms with Gasteiger partial charge in [-0.15, -0.1) is 0 Å². The van der Waals surface area contributed by atoms with Gasteiger partial charge < -0.3 is 9.30 Å². The van der Waals surface area contributed by atoms with Crippen molar-refractivity contribution in [1.29, 1.82) is 0 Å². The van der Waals surface area contributed by atoms with Crippen LogP contribution in [0.5, 0.6) is 5.75 Å². The lowest BCUT2D eigenvalue weighted by atomic mass is 10.2. The fraction of sp³-hybridized carbons (Fsp3) is 0.167. The minimum atomic E-state index is -3.75. The lowest BCUT2D eigenvalue weighted by Gasteiger charge is -2.19. The highest BCUT2D eigenvalue weighted by Crippen LogP contribution is 2.24. The number of anilines is 1. The summed E-state index contributed by atoms with van der Waals surface area (Å²) in [6.07, 6.45) is 0. The Bertz CT molecular complexity index is 1470. The van der Waals surface area contributed by atoms with Crippen LogP contribution in [0, 0.1) is 0 Å². The third-order valence-corrected chi connectivity index (χ3v) is 8.06. The molecule has 7 nitrogen and oxygen atoms in total. The molecule has 0 unspecified atom stereocenters. The summed E-state index contributed by atoms with van der Waals surface area (Å²) in [5, 5.41) is 0. The number of fused-ring (bicyclic) bond motifs is 1. The van der Waals surface area contributed by atoms with Gasteiger partial charge in [0.1, 0.15) is 5.75 Å². The van der Waals surface area contributed by atoms with E-state index in [-0.39, 0.29) is 4.90 Å². The highest BCUT2D eigenvalue weighted by atomic mass is 32.2. The summed E-state index contributed by atoms with van der Waals surface area (Å²) in [7, 11) is -0.404. The molecule has 0 aliphatic heterocycles. The summed E-state index contributed by atoms with van der Waals surface area (Å²) in [6, 6.07) is 20.4. The van der Waals surface area contributed by atoms with Crippen LogP contribution >= 0.6 is 11.3 Å². The molecule has 1 aromatic heterocycles. The SMILES string of the molecule is CCOc1ccc2c(c1)sc(=NC(=O)c1ccc(S(=O)(=O)N(C)c3ccccc3)cc1)n2C. The first-order valence-corrected chi connectivity index (χ1v) is 12.5. The first kappa shape index (κ1) is 22.8. The smallest absolute Gasteiger partial charge is 0.279 e. The molecule has 0 saturated heterocycles. The molecule has 0 saturated carbocycles. The standard InChI is InChI=1S/C24H23N3O4S2/c1-4-31-19-12-15-21-22(16-19)32-24(26(21)2)25-23(28)17-10-13-20(14-11-17)33(29,30)27(3)18-8-6-5-7-9-18/h5-16H,4H2,1-3H3. The van der Waals surface area contributed by atoms with Gasteiger partial charge in [0.05, 0.1) is 27.4 Å². The van der Waals surface area contributed by atoms with E-state index in [1.165, 1.54) is 47.0 Å². The largest absolute Gasteiger partial charge is 0.494 e. The normalized spacial score (nSPS) is 12.2. The maximum Gasteiger partial charge on any atom is 0.279 e. The van der Waals surface area contributed by atoms with Crippen LogP contribution in [0.3, 0.4) is 0 Å². The third-order valence-electron chi connectivity index (χ3n) is 5.17. The van der Waals surface area contributed by atoms with Gasteiger partial charge in [0, 0.05) is 19.7 Å². The van der Waals surface area contributed by atoms with Gasteiger partial charge in [-0.1, -0.05) is 29.5 Å². The Labute approximate surface area is 196 Å². The molecule has 1 heterocycles. The van der Waals surface area contributed by atoms with Crippen LogP contribution in [-0.4, -0.2) is 32.5 Å². The number of hydrogen-bond acceptors (Lipinski definition) is 5. The summed E-state index contributed by atoms with van der Waals surface area (Å²) >= 11 is 1.39. The zero-order valence-electron chi connectivity index (χ0n) is 18.4. The Kier molecular flexibility index (Phi) is 6.35. The highest BCUT2D eigenvalue weighted by molar-refractivity contribution is 7.92. The number of benzene rings is 3. The highest BCUT2D eigenvalue weighted by Gasteiger charge is 2.21. The van der Waals surface area contributed by atoms with Crippen molar-refractivity contribution in [2.75, 3.05) is 18.0 Å². The molecule has 0 N–H and O–H groups in total. The van der Waals surface area contributed by atoms with Crippen molar-refractivity contribution in [3.8, 4) is 5.75 Å². The quantitative estimate of drug-likeness (QED) is 0.413. The van der Waals surface area contributed by atoms with Crippen LogP contribution in [0.1, 0.15) is 17.3 Å². The summed E-state index contributed by atoms with van der Waals surface area (Å²) in [4.78, 5) is 17.7. The minimum Gasteiger partial charge on any atom is -0.494 e. The van der Waals surface area contributed by atoms with E-state index in [9.17, 15) is 13.2 Å². The van der Waals surface area contributed by atoms with E-state index in [4.69, 9.17) is 4.74 Å². The van der Waals surface area contributed by atoms with E-state index < -0.39 is 15.9 Å². The van der Waals surface area contributed by atoms with Crippen LogP contribution in [0.15, 0.2) is 82.7 Å². The fourth-order valence-corrected chi connectivity index (χ4v) is 5.57. The van der Waals surface area contributed by atoms with Crippen LogP contribution in [0.4, 0.5) is 5.69 Å². The van der Waals surface area contributed by atoms with E-state index in [0.29, 0.717) is 22.7 Å². The van der Waals surface area contributed by atoms with E-state index >= 15 is 0 Å². The van der Waals surface area contributed by atoms with Crippen LogP contribution in [0.25, 0.3) is 10.2 Å². The Morgan fingerprint density at radius 2 is 1.76 bits per heavy atom. The number of ether oxygens (including phenoxy) is 1. The third kappa shape index (κ3) is 4.55. The molecule has 4 rings (SSSR count). The molecule has 0 radical (unpaired) electrons. The van der Waals surface area contributed by atoms with Gasteiger partial charge in [-0.25, -0.2) is 8.42 Å². The number of aryl methyl sites for hydroxylation is 1. The van der Waals surface area contributed by atoms with Crippen LogP contribution in [0.2, 0.25) is 0 Å². The van der Waals surface area contributed by atoms with Gasteiger partial charge >= 0.3 is 0 Å². The Balaban J connectivity index is 1.61. The zero-order valence-corrected chi connectivity index (χ0v) is 20.1. The lowest BCUT2D eigenvalue weighted by Crippen LogP contribution is -2.26. The van der Waals surface area contributed by atoms with Gasteiger partial charge in [-0.2, -0.15) is 4.99 Å². The van der Waals surface area contributed by atoms with Crippen molar-refractivity contribution in [2.45, 2.75) is 11.8 Å². The number of carbonyl (C=O) groups excluding carboxylic acids is 1. The molecule has 0 spiro atoms. The van der Waals surface area contributed by atoms with Gasteiger partial charge in [-0.05, 0) is 61.5 Å². The first-order chi connectivity index (χ1) is 15.8. The Hall–Kier alpha value is -3.43. The van der Waals surface area contributed by atoms with Crippen molar-refractivity contribution in [1.82, 2.24) is 4.57 Å². The minimum absolute atomic E-state index is 0.0984. The number of aromatic nitrogens is 1. The molecule has 3 aromatic carbocycles. The second-order valence-electron chi connectivity index (χ2n) is 7.26. The number of carbonyl (C=O) groups is 1. The van der Waals surface area contributed by atoms with Crippen molar-refractivity contribution in [3.63, 3.8) is 0 Å². The number of hydrogen-bond donors (Lipinski definition) is 0. The molecule has 4 aromatic rings. The second kappa shape index (κ2) is 9.21. The Morgan fingerprint density at radius 1 is 1.06 bits per heavy atom. The van der Waals surface area contributed by atoms with Gasteiger partial charge in [0.15, 0.2) is 4.80 Å². The van der Waals surface area contributed by atoms with Crippen LogP contribution in [-0.2, 0) is 17.1 Å². The molecule has 0 fully saturated rings. The van der Waals surface area contributed by atoms with E-state index in [1.807, 2.05) is 42.8 Å². The average Bonchev–Trinajstić information content (AvgIpc) is 3.13. The van der Waals surface area contributed by atoms with Gasteiger partial charge in [0.2, 0.25) is 0 Å². The first-order valence-electron chi connectivity index (χ1n) is 10.3. The lowest BCUT2D eigenvalue weighted by molar-refractivity contribution is 0.0998. The maximum atomic E-state index is 12.9. The van der Waals surface area contributed by atoms with Gasteiger partial charge in [0.25, 0.3) is 15.9 Å². The molecule has 0 atom stereocenters. The fourth-order valence-electron chi connectivity index (χ4n) is 3.33. The number of rotatable bonds is 6. The predicted molar refractivity (Wildman–Crippen MR) is 130 cm³/mol. The molecule has 0 aliphatic rings. The number of nitrogens with zero attached hydrogens (tertiary/aromatic N) is 3.